The highest BCUT2D eigenvalue weighted by Crippen LogP contribution is 2.19. The highest BCUT2D eigenvalue weighted by atomic mass is 19.2. The van der Waals surface area contributed by atoms with Crippen molar-refractivity contribution < 1.29 is 22.7 Å². The molecule has 0 bridgehead atoms. The summed E-state index contributed by atoms with van der Waals surface area (Å²) in [7, 11) is 0. The molecule has 2 aromatic carbocycles. The number of carbonyl (C=O) groups is 1. The summed E-state index contributed by atoms with van der Waals surface area (Å²) < 4.78 is 36.3. The molecule has 0 radical (unpaired) electrons. The lowest BCUT2D eigenvalue weighted by Gasteiger charge is -2.06. The Labute approximate surface area is 128 Å². The third kappa shape index (κ3) is 3.26. The van der Waals surface area contributed by atoms with Crippen LogP contribution in [-0.2, 0) is 0 Å². The van der Waals surface area contributed by atoms with E-state index in [4.69, 9.17) is 9.15 Å². The first kappa shape index (κ1) is 14.9. The van der Waals surface area contributed by atoms with E-state index in [2.05, 4.69) is 0 Å². The molecule has 1 heterocycles. The summed E-state index contributed by atoms with van der Waals surface area (Å²) in [5, 5.41) is 0.712. The Kier molecular flexibility index (Phi) is 3.89. The van der Waals surface area contributed by atoms with Crippen molar-refractivity contribution in [1.29, 1.82) is 0 Å². The standard InChI is InChI=1S/C17H10F2O4/c18-13-5-2-11(7-14(13)19)15(20)9-22-12-4-1-10-3-6-17(21)23-16(10)8-12/h1-8H,9H2. The Morgan fingerprint density at radius 2 is 1.78 bits per heavy atom. The van der Waals surface area contributed by atoms with Crippen molar-refractivity contribution in [3.8, 4) is 5.75 Å². The highest BCUT2D eigenvalue weighted by Gasteiger charge is 2.11. The van der Waals surface area contributed by atoms with E-state index in [9.17, 15) is 18.4 Å². The molecule has 0 aliphatic heterocycles. The summed E-state index contributed by atoms with van der Waals surface area (Å²) in [6.07, 6.45) is 0. The Hall–Kier alpha value is -3.02. The zero-order valence-corrected chi connectivity index (χ0v) is 11.7. The molecule has 0 atom stereocenters. The molecular weight excluding hydrogens is 306 g/mol. The van der Waals surface area contributed by atoms with E-state index in [1.54, 1.807) is 18.2 Å². The van der Waals surface area contributed by atoms with Crippen LogP contribution >= 0.6 is 0 Å². The molecule has 0 saturated carbocycles. The van der Waals surface area contributed by atoms with Gasteiger partial charge in [0.15, 0.2) is 24.0 Å². The third-order valence-corrected chi connectivity index (χ3v) is 3.21. The van der Waals surface area contributed by atoms with Gasteiger partial charge in [0.25, 0.3) is 0 Å². The molecule has 0 amide bonds. The minimum absolute atomic E-state index is 0.0104. The van der Waals surface area contributed by atoms with Gasteiger partial charge in [-0.1, -0.05) is 0 Å². The van der Waals surface area contributed by atoms with Crippen LogP contribution in [0.3, 0.4) is 0 Å². The molecule has 0 N–H and O–H groups in total. The van der Waals surface area contributed by atoms with Crippen LogP contribution in [0, 0.1) is 11.6 Å². The number of hydrogen-bond donors (Lipinski definition) is 0. The van der Waals surface area contributed by atoms with Crippen molar-refractivity contribution in [3.05, 3.63) is 76.1 Å². The van der Waals surface area contributed by atoms with E-state index < -0.39 is 23.0 Å². The zero-order chi connectivity index (χ0) is 16.4. The summed E-state index contributed by atoms with van der Waals surface area (Å²) in [5.74, 6) is -2.29. The monoisotopic (exact) mass is 316 g/mol. The van der Waals surface area contributed by atoms with Gasteiger partial charge in [0.1, 0.15) is 11.3 Å². The molecular formula is C17H10F2O4. The molecule has 23 heavy (non-hydrogen) atoms. The van der Waals surface area contributed by atoms with E-state index in [-0.39, 0.29) is 12.2 Å². The Morgan fingerprint density at radius 3 is 2.57 bits per heavy atom. The van der Waals surface area contributed by atoms with E-state index in [1.807, 2.05) is 0 Å². The predicted molar refractivity (Wildman–Crippen MR) is 78.7 cm³/mol. The molecule has 0 unspecified atom stereocenters. The molecule has 6 heteroatoms. The second-order valence-electron chi connectivity index (χ2n) is 4.79. The van der Waals surface area contributed by atoms with Crippen molar-refractivity contribution in [2.75, 3.05) is 6.61 Å². The molecule has 3 rings (SSSR count). The van der Waals surface area contributed by atoms with Crippen LogP contribution in [-0.4, -0.2) is 12.4 Å². The molecule has 4 nitrogen and oxygen atoms in total. The molecule has 3 aromatic rings. The van der Waals surface area contributed by atoms with Crippen LogP contribution in [0.1, 0.15) is 10.4 Å². The Morgan fingerprint density at radius 1 is 1.00 bits per heavy atom. The number of carbonyl (C=O) groups excluding carboxylic acids is 1. The quantitative estimate of drug-likeness (QED) is 0.547. The minimum atomic E-state index is -1.09. The van der Waals surface area contributed by atoms with Crippen LogP contribution in [0.4, 0.5) is 8.78 Å². The Balaban J connectivity index is 1.75. The van der Waals surface area contributed by atoms with Gasteiger partial charge in [-0.2, -0.15) is 0 Å². The average molecular weight is 316 g/mol. The van der Waals surface area contributed by atoms with Crippen molar-refractivity contribution in [3.63, 3.8) is 0 Å². The number of Topliss-reactive ketones (excluding diaryl/α,β-unsaturated/α-hetero) is 1. The first-order valence-electron chi connectivity index (χ1n) is 6.68. The van der Waals surface area contributed by atoms with Crippen LogP contribution in [0.2, 0.25) is 0 Å². The average Bonchev–Trinajstić information content (AvgIpc) is 2.54. The van der Waals surface area contributed by atoms with E-state index in [1.165, 1.54) is 18.2 Å². The number of rotatable bonds is 4. The lowest BCUT2D eigenvalue weighted by Crippen LogP contribution is -2.12. The van der Waals surface area contributed by atoms with Crippen LogP contribution in [0.25, 0.3) is 11.0 Å². The lowest BCUT2D eigenvalue weighted by atomic mass is 10.1. The van der Waals surface area contributed by atoms with E-state index in [0.717, 1.165) is 12.1 Å². The van der Waals surface area contributed by atoms with Crippen LogP contribution in [0.15, 0.2) is 57.7 Å². The van der Waals surface area contributed by atoms with Crippen molar-refractivity contribution >= 4 is 16.8 Å². The maximum Gasteiger partial charge on any atom is 0.336 e. The number of fused-ring (bicyclic) bond motifs is 1. The van der Waals surface area contributed by atoms with Crippen LogP contribution in [0.5, 0.6) is 5.75 Å². The first-order valence-corrected chi connectivity index (χ1v) is 6.68. The van der Waals surface area contributed by atoms with Crippen molar-refractivity contribution in [1.82, 2.24) is 0 Å². The van der Waals surface area contributed by atoms with Crippen molar-refractivity contribution in [2.45, 2.75) is 0 Å². The molecule has 0 aliphatic carbocycles. The fourth-order valence-corrected chi connectivity index (χ4v) is 2.03. The maximum atomic E-state index is 13.1. The first-order chi connectivity index (χ1) is 11.0. The van der Waals surface area contributed by atoms with Crippen LogP contribution < -0.4 is 10.4 Å². The van der Waals surface area contributed by atoms with Gasteiger partial charge in [-0.15, -0.1) is 0 Å². The van der Waals surface area contributed by atoms with Gasteiger partial charge in [-0.3, -0.25) is 4.79 Å². The summed E-state index contributed by atoms with van der Waals surface area (Å²) in [6.45, 7) is -0.354. The lowest BCUT2D eigenvalue weighted by molar-refractivity contribution is 0.0921. The summed E-state index contributed by atoms with van der Waals surface area (Å²) in [5.41, 5.74) is -0.154. The smallest absolute Gasteiger partial charge is 0.336 e. The Bertz CT molecular complexity index is 947. The van der Waals surface area contributed by atoms with Gasteiger partial charge in [0.05, 0.1) is 0 Å². The van der Waals surface area contributed by atoms with Gasteiger partial charge in [0.2, 0.25) is 0 Å². The molecule has 0 saturated heterocycles. The highest BCUT2D eigenvalue weighted by molar-refractivity contribution is 5.97. The van der Waals surface area contributed by atoms with Crippen molar-refractivity contribution in [2.24, 2.45) is 0 Å². The van der Waals surface area contributed by atoms with E-state index >= 15 is 0 Å². The number of halogens is 2. The van der Waals surface area contributed by atoms with Gasteiger partial charge >= 0.3 is 5.63 Å². The number of ketones is 1. The molecule has 1 aromatic heterocycles. The fraction of sp³-hybridized carbons (Fsp3) is 0.0588. The van der Waals surface area contributed by atoms with Gasteiger partial charge in [0, 0.05) is 23.1 Å². The summed E-state index contributed by atoms with van der Waals surface area (Å²) >= 11 is 0. The number of benzene rings is 2. The number of hydrogen-bond acceptors (Lipinski definition) is 4. The van der Waals surface area contributed by atoms with Gasteiger partial charge in [-0.05, 0) is 36.4 Å². The second-order valence-corrected chi connectivity index (χ2v) is 4.79. The van der Waals surface area contributed by atoms with E-state index in [0.29, 0.717) is 16.7 Å². The largest absolute Gasteiger partial charge is 0.485 e. The predicted octanol–water partition coefficient (Wildman–Crippen LogP) is 3.33. The molecule has 0 aliphatic rings. The minimum Gasteiger partial charge on any atom is -0.485 e. The zero-order valence-electron chi connectivity index (χ0n) is 11.7. The molecule has 116 valence electrons. The topological polar surface area (TPSA) is 56.5 Å². The van der Waals surface area contributed by atoms with Gasteiger partial charge < -0.3 is 9.15 Å². The third-order valence-electron chi connectivity index (χ3n) is 3.21. The maximum absolute atomic E-state index is 13.1. The summed E-state index contributed by atoms with van der Waals surface area (Å²) in [4.78, 5) is 23.1. The number of ether oxygens (including phenoxy) is 1. The molecule has 0 fully saturated rings. The summed E-state index contributed by atoms with van der Waals surface area (Å²) in [6, 6.07) is 10.6. The second kappa shape index (κ2) is 6.00. The molecule has 0 spiro atoms. The normalized spacial score (nSPS) is 10.7. The fourth-order valence-electron chi connectivity index (χ4n) is 2.03. The SMILES string of the molecule is O=C(COc1ccc2ccc(=O)oc2c1)c1ccc(F)c(F)c1. The van der Waals surface area contributed by atoms with Gasteiger partial charge in [-0.25, -0.2) is 13.6 Å².